The molecule has 0 aliphatic carbocycles. The Hall–Kier alpha value is -1.88. The van der Waals surface area contributed by atoms with Gasteiger partial charge >= 0.3 is 5.97 Å². The van der Waals surface area contributed by atoms with Crippen molar-refractivity contribution < 1.29 is 9.90 Å². The molecule has 4 heterocycles. The molecule has 5 rings (SSSR count). The number of imidazole rings is 1. The summed E-state index contributed by atoms with van der Waals surface area (Å²) < 4.78 is 2.33. The van der Waals surface area contributed by atoms with Gasteiger partial charge < -0.3 is 14.6 Å². The first kappa shape index (κ1) is 12.8. The number of nitrogens with zero attached hydrogens (tertiary/aromatic N) is 3. The Kier molecular flexibility index (Phi) is 2.79. The molecule has 3 fully saturated rings. The molecule has 1 aromatic heterocycles. The summed E-state index contributed by atoms with van der Waals surface area (Å²) in [6.07, 6.45) is 2.52. The smallest absolute Gasteiger partial charge is 0.335 e. The number of carbonyl (C=O) groups is 1. The molecule has 0 amide bonds. The van der Waals surface area contributed by atoms with E-state index in [-0.39, 0.29) is 0 Å². The van der Waals surface area contributed by atoms with Crippen molar-refractivity contribution in [3.8, 4) is 0 Å². The summed E-state index contributed by atoms with van der Waals surface area (Å²) in [5.41, 5.74) is 2.17. The monoisotopic (exact) mass is 285 g/mol. The lowest BCUT2D eigenvalue weighted by atomic mass is 9.83. The number of hydrogen-bond acceptors (Lipinski definition) is 3. The van der Waals surface area contributed by atoms with Gasteiger partial charge in [0.05, 0.1) is 22.6 Å². The summed E-state index contributed by atoms with van der Waals surface area (Å²) in [7, 11) is 0. The van der Waals surface area contributed by atoms with Crippen molar-refractivity contribution in [3.05, 3.63) is 29.6 Å². The van der Waals surface area contributed by atoms with E-state index in [1.165, 1.54) is 25.9 Å². The van der Waals surface area contributed by atoms with Crippen molar-refractivity contribution in [2.45, 2.75) is 25.8 Å². The molecule has 5 nitrogen and oxygen atoms in total. The number of carboxylic acid groups (broad SMARTS) is 1. The molecule has 3 aliphatic rings. The summed E-state index contributed by atoms with van der Waals surface area (Å²) in [5.74, 6) is 0.823. The highest BCUT2D eigenvalue weighted by Gasteiger charge is 2.36. The van der Waals surface area contributed by atoms with Crippen LogP contribution in [0.4, 0.5) is 0 Å². The van der Waals surface area contributed by atoms with E-state index in [2.05, 4.69) is 14.5 Å². The Morgan fingerprint density at radius 1 is 1.33 bits per heavy atom. The maximum absolute atomic E-state index is 11.1. The molecular formula is C16H19N3O2. The van der Waals surface area contributed by atoms with E-state index >= 15 is 0 Å². The Morgan fingerprint density at radius 2 is 2.10 bits per heavy atom. The van der Waals surface area contributed by atoms with Crippen molar-refractivity contribution in [1.82, 2.24) is 14.5 Å². The first-order valence-electron chi connectivity index (χ1n) is 7.58. The number of carboxylic acids is 1. The minimum Gasteiger partial charge on any atom is -0.478 e. The topological polar surface area (TPSA) is 58.4 Å². The van der Waals surface area contributed by atoms with E-state index in [4.69, 9.17) is 5.11 Å². The summed E-state index contributed by atoms with van der Waals surface area (Å²) in [6, 6.07) is 5.76. The number of rotatable bonds is 2. The number of piperidine rings is 3. The molecular weight excluding hydrogens is 266 g/mol. The summed E-state index contributed by atoms with van der Waals surface area (Å²) in [4.78, 5) is 18.2. The van der Waals surface area contributed by atoms with Gasteiger partial charge in [0.15, 0.2) is 0 Å². The van der Waals surface area contributed by atoms with Crippen LogP contribution in [-0.2, 0) is 0 Å². The van der Waals surface area contributed by atoms with Crippen LogP contribution in [0, 0.1) is 12.8 Å². The van der Waals surface area contributed by atoms with E-state index in [1.54, 1.807) is 12.1 Å². The minimum atomic E-state index is -0.896. The predicted molar refractivity (Wildman–Crippen MR) is 79.6 cm³/mol. The number of benzene rings is 1. The van der Waals surface area contributed by atoms with Crippen LogP contribution >= 0.6 is 0 Å². The van der Waals surface area contributed by atoms with E-state index in [0.717, 1.165) is 29.3 Å². The van der Waals surface area contributed by atoms with E-state index in [1.807, 2.05) is 13.0 Å². The Morgan fingerprint density at radius 3 is 2.71 bits per heavy atom. The molecule has 0 saturated carbocycles. The molecule has 5 heteroatoms. The SMILES string of the molecule is Cc1nc2cc(C(=O)O)ccc2n1C1CN2CCC1CC2. The Balaban J connectivity index is 1.81. The van der Waals surface area contributed by atoms with Crippen LogP contribution in [0.5, 0.6) is 0 Å². The first-order valence-corrected chi connectivity index (χ1v) is 7.58. The van der Waals surface area contributed by atoms with E-state index in [9.17, 15) is 4.79 Å². The largest absolute Gasteiger partial charge is 0.478 e. The Bertz CT molecular complexity index is 714. The van der Waals surface area contributed by atoms with Gasteiger partial charge in [-0.3, -0.25) is 0 Å². The molecule has 21 heavy (non-hydrogen) atoms. The van der Waals surface area contributed by atoms with Crippen LogP contribution < -0.4 is 0 Å². The average molecular weight is 285 g/mol. The lowest BCUT2D eigenvalue weighted by molar-refractivity contribution is 0.0579. The van der Waals surface area contributed by atoms with E-state index in [0.29, 0.717) is 11.6 Å². The highest BCUT2D eigenvalue weighted by Crippen LogP contribution is 2.38. The second-order valence-corrected chi connectivity index (χ2v) is 6.24. The van der Waals surface area contributed by atoms with Gasteiger partial charge in [-0.1, -0.05) is 0 Å². The third-order valence-electron chi connectivity index (χ3n) is 5.07. The summed E-state index contributed by atoms with van der Waals surface area (Å²) >= 11 is 0. The van der Waals surface area contributed by atoms with Gasteiger partial charge in [-0.2, -0.15) is 0 Å². The fraction of sp³-hybridized carbons (Fsp3) is 0.500. The molecule has 1 N–H and O–H groups in total. The quantitative estimate of drug-likeness (QED) is 0.920. The van der Waals surface area contributed by atoms with Crippen molar-refractivity contribution in [2.24, 2.45) is 5.92 Å². The lowest BCUT2D eigenvalue weighted by Crippen LogP contribution is -2.48. The van der Waals surface area contributed by atoms with Crippen molar-refractivity contribution in [1.29, 1.82) is 0 Å². The fourth-order valence-electron chi connectivity index (χ4n) is 4.00. The zero-order valence-corrected chi connectivity index (χ0v) is 12.1. The number of aromatic carboxylic acids is 1. The highest BCUT2D eigenvalue weighted by atomic mass is 16.4. The molecule has 1 atom stereocenters. The molecule has 3 aliphatic heterocycles. The van der Waals surface area contributed by atoms with Crippen molar-refractivity contribution in [2.75, 3.05) is 19.6 Å². The molecule has 2 aromatic rings. The zero-order valence-electron chi connectivity index (χ0n) is 12.1. The third kappa shape index (κ3) is 1.95. The molecule has 1 unspecified atom stereocenters. The van der Waals surface area contributed by atoms with Crippen molar-refractivity contribution in [3.63, 3.8) is 0 Å². The van der Waals surface area contributed by atoms with Crippen LogP contribution in [0.2, 0.25) is 0 Å². The van der Waals surface area contributed by atoms with Gasteiger partial charge in [-0.05, 0) is 57.0 Å². The van der Waals surface area contributed by atoms with Crippen LogP contribution in [-0.4, -0.2) is 45.2 Å². The third-order valence-corrected chi connectivity index (χ3v) is 5.07. The van der Waals surface area contributed by atoms with Gasteiger partial charge in [0, 0.05) is 6.54 Å². The second kappa shape index (κ2) is 4.56. The maximum atomic E-state index is 11.1. The van der Waals surface area contributed by atoms with Crippen molar-refractivity contribution >= 4 is 17.0 Å². The summed E-state index contributed by atoms with van der Waals surface area (Å²) in [6.45, 7) is 5.56. The standard InChI is InChI=1S/C16H19N3O2/c1-10-17-13-8-12(16(20)21)2-3-14(13)19(10)15-9-18-6-4-11(15)5-7-18/h2-3,8,11,15H,4-7,9H2,1H3,(H,20,21). The van der Waals surface area contributed by atoms with E-state index < -0.39 is 5.97 Å². The fourth-order valence-corrected chi connectivity index (χ4v) is 4.00. The maximum Gasteiger partial charge on any atom is 0.335 e. The van der Waals surface area contributed by atoms with Gasteiger partial charge in [0.1, 0.15) is 5.82 Å². The molecule has 3 saturated heterocycles. The van der Waals surface area contributed by atoms with Crippen LogP contribution in [0.1, 0.15) is 35.1 Å². The highest BCUT2D eigenvalue weighted by molar-refractivity contribution is 5.92. The van der Waals surface area contributed by atoms with Gasteiger partial charge in [-0.15, -0.1) is 0 Å². The van der Waals surface area contributed by atoms with Crippen LogP contribution in [0.25, 0.3) is 11.0 Å². The zero-order chi connectivity index (χ0) is 14.6. The van der Waals surface area contributed by atoms with Gasteiger partial charge in [-0.25, -0.2) is 9.78 Å². The van der Waals surface area contributed by atoms with Gasteiger partial charge in [0.2, 0.25) is 0 Å². The lowest BCUT2D eigenvalue weighted by Gasteiger charge is -2.45. The molecule has 1 aromatic carbocycles. The number of fused-ring (bicyclic) bond motifs is 4. The van der Waals surface area contributed by atoms with Gasteiger partial charge in [0.25, 0.3) is 0 Å². The number of hydrogen-bond donors (Lipinski definition) is 1. The molecule has 0 spiro atoms. The first-order chi connectivity index (χ1) is 10.1. The number of aromatic nitrogens is 2. The predicted octanol–water partition coefficient (Wildman–Crippen LogP) is 2.31. The normalized spacial score (nSPS) is 28.1. The van der Waals surface area contributed by atoms with Crippen LogP contribution in [0.3, 0.4) is 0 Å². The number of aryl methyl sites for hydroxylation is 1. The minimum absolute atomic E-state index is 0.307. The Labute approximate surface area is 123 Å². The van der Waals surface area contributed by atoms with Crippen LogP contribution in [0.15, 0.2) is 18.2 Å². The summed E-state index contributed by atoms with van der Waals surface area (Å²) in [5, 5.41) is 9.11. The second-order valence-electron chi connectivity index (χ2n) is 6.24. The molecule has 0 radical (unpaired) electrons. The molecule has 110 valence electrons. The average Bonchev–Trinajstić information content (AvgIpc) is 2.83. The molecule has 2 bridgehead atoms.